The number of fused-ring (bicyclic) bond motifs is 6. The second-order valence-electron chi connectivity index (χ2n) is 9.25. The number of para-hydroxylation sites is 1. The molecule has 0 atom stereocenters. The van der Waals surface area contributed by atoms with Crippen molar-refractivity contribution in [1.29, 1.82) is 5.26 Å². The van der Waals surface area contributed by atoms with Crippen molar-refractivity contribution in [2.75, 3.05) is 0 Å². The van der Waals surface area contributed by atoms with Crippen molar-refractivity contribution in [3.63, 3.8) is 0 Å². The quantitative estimate of drug-likeness (QED) is 0.245. The topological polar surface area (TPSA) is 54.0 Å². The van der Waals surface area contributed by atoms with Gasteiger partial charge in [-0.1, -0.05) is 36.4 Å². The molecule has 0 saturated heterocycles. The van der Waals surface area contributed by atoms with Gasteiger partial charge in [-0.15, -0.1) is 0 Å². The highest BCUT2D eigenvalue weighted by Crippen LogP contribution is 2.41. The van der Waals surface area contributed by atoms with Crippen molar-refractivity contribution >= 4 is 43.9 Å². The third-order valence-electron chi connectivity index (χ3n) is 7.10. The standard InChI is InChI=1S/C32H21N2O2/c1-19-9-12-25-24-7-5-6-22(31(24)36-32(25)30(19)27-8-3-4-15-34(27)2)21-11-13-23-26-16-20(18-33)10-14-28(26)35-29(23)17-21/h3-17H,1-2H3/q+1. The van der Waals surface area contributed by atoms with Gasteiger partial charge in [0.2, 0.25) is 5.69 Å². The van der Waals surface area contributed by atoms with Gasteiger partial charge in [-0.2, -0.15) is 5.26 Å². The average Bonchev–Trinajstić information content (AvgIpc) is 3.46. The van der Waals surface area contributed by atoms with Gasteiger partial charge in [0.1, 0.15) is 29.4 Å². The molecular weight excluding hydrogens is 444 g/mol. The predicted molar refractivity (Wildman–Crippen MR) is 142 cm³/mol. The van der Waals surface area contributed by atoms with Crippen LogP contribution in [0.25, 0.3) is 66.3 Å². The normalized spacial score (nSPS) is 11.6. The molecule has 0 bridgehead atoms. The van der Waals surface area contributed by atoms with Crippen LogP contribution in [0.5, 0.6) is 0 Å². The van der Waals surface area contributed by atoms with E-state index in [0.717, 1.165) is 66.3 Å². The SMILES string of the molecule is Cc1ccc2c(oc3c(-c4ccc5c(c4)oc4ccc(C#N)cc45)cccc32)c1-c1cccc[n+]1C. The summed E-state index contributed by atoms with van der Waals surface area (Å²) in [5, 5.41) is 13.4. The molecule has 0 aliphatic rings. The molecule has 0 saturated carbocycles. The highest BCUT2D eigenvalue weighted by atomic mass is 16.3. The van der Waals surface area contributed by atoms with E-state index in [9.17, 15) is 5.26 Å². The minimum absolute atomic E-state index is 0.624. The second kappa shape index (κ2) is 7.56. The van der Waals surface area contributed by atoms with Crippen LogP contribution in [0, 0.1) is 18.3 Å². The summed E-state index contributed by atoms with van der Waals surface area (Å²) in [4.78, 5) is 0. The monoisotopic (exact) mass is 465 g/mol. The summed E-state index contributed by atoms with van der Waals surface area (Å²) >= 11 is 0. The van der Waals surface area contributed by atoms with E-state index in [1.807, 2.05) is 18.2 Å². The Morgan fingerprint density at radius 2 is 1.58 bits per heavy atom. The van der Waals surface area contributed by atoms with Gasteiger partial charge in [-0.3, -0.25) is 0 Å². The summed E-state index contributed by atoms with van der Waals surface area (Å²) in [5.41, 5.74) is 9.39. The molecule has 0 spiro atoms. The number of benzene rings is 4. The van der Waals surface area contributed by atoms with Gasteiger partial charge in [-0.05, 0) is 54.4 Å². The third kappa shape index (κ3) is 2.90. The molecule has 7 aromatic rings. The molecule has 3 aromatic heterocycles. The van der Waals surface area contributed by atoms with Gasteiger partial charge in [0.25, 0.3) is 0 Å². The van der Waals surface area contributed by atoms with E-state index in [2.05, 4.69) is 91.5 Å². The Bertz CT molecular complexity index is 2040. The van der Waals surface area contributed by atoms with Crippen molar-refractivity contribution in [3.05, 3.63) is 102 Å². The molecule has 0 fully saturated rings. The Morgan fingerprint density at radius 1 is 0.722 bits per heavy atom. The van der Waals surface area contributed by atoms with Crippen molar-refractivity contribution in [3.8, 4) is 28.5 Å². The summed E-state index contributed by atoms with van der Waals surface area (Å²) in [7, 11) is 2.06. The molecule has 36 heavy (non-hydrogen) atoms. The Kier molecular flexibility index (Phi) is 4.30. The van der Waals surface area contributed by atoms with Crippen molar-refractivity contribution < 1.29 is 13.4 Å². The molecule has 0 unspecified atom stereocenters. The van der Waals surface area contributed by atoms with Gasteiger partial charge < -0.3 is 8.83 Å². The van der Waals surface area contributed by atoms with Gasteiger partial charge in [-0.25, -0.2) is 4.57 Å². The Labute approximate surface area is 207 Å². The molecular formula is C32H21N2O2+. The maximum atomic E-state index is 9.29. The lowest BCUT2D eigenvalue weighted by atomic mass is 9.98. The summed E-state index contributed by atoms with van der Waals surface area (Å²) < 4.78 is 15.0. The van der Waals surface area contributed by atoms with Gasteiger partial charge in [0.05, 0.1) is 17.2 Å². The van der Waals surface area contributed by atoms with Crippen LogP contribution in [0.15, 0.2) is 100.0 Å². The number of pyridine rings is 1. The fourth-order valence-corrected chi connectivity index (χ4v) is 5.30. The largest absolute Gasteiger partial charge is 0.456 e. The van der Waals surface area contributed by atoms with Crippen molar-refractivity contribution in [2.24, 2.45) is 7.05 Å². The first kappa shape index (κ1) is 20.5. The highest BCUT2D eigenvalue weighted by molar-refractivity contribution is 6.14. The summed E-state index contributed by atoms with van der Waals surface area (Å²) in [6.45, 7) is 2.13. The summed E-state index contributed by atoms with van der Waals surface area (Å²) in [6, 6.07) is 30.8. The maximum Gasteiger partial charge on any atom is 0.216 e. The van der Waals surface area contributed by atoms with Gasteiger partial charge >= 0.3 is 0 Å². The summed E-state index contributed by atoms with van der Waals surface area (Å²) in [5.74, 6) is 0. The molecule has 3 heterocycles. The highest BCUT2D eigenvalue weighted by Gasteiger charge is 2.21. The molecule has 4 aromatic carbocycles. The molecule has 170 valence electrons. The first-order valence-electron chi connectivity index (χ1n) is 11.9. The zero-order valence-electron chi connectivity index (χ0n) is 19.9. The fraction of sp³-hybridized carbons (Fsp3) is 0.0625. The van der Waals surface area contributed by atoms with Crippen LogP contribution in [0.3, 0.4) is 0 Å². The third-order valence-corrected chi connectivity index (χ3v) is 7.10. The van der Waals surface area contributed by atoms with E-state index in [1.54, 1.807) is 6.07 Å². The first-order chi connectivity index (χ1) is 17.6. The zero-order chi connectivity index (χ0) is 24.4. The van der Waals surface area contributed by atoms with Crippen LogP contribution in [-0.4, -0.2) is 0 Å². The molecule has 0 N–H and O–H groups in total. The lowest BCUT2D eigenvalue weighted by Gasteiger charge is -2.05. The number of rotatable bonds is 2. The summed E-state index contributed by atoms with van der Waals surface area (Å²) in [6.07, 6.45) is 2.06. The number of furan rings is 2. The fourth-order valence-electron chi connectivity index (χ4n) is 5.30. The van der Waals surface area contributed by atoms with Crippen LogP contribution in [-0.2, 0) is 7.05 Å². The molecule has 0 radical (unpaired) electrons. The van der Waals surface area contributed by atoms with Crippen LogP contribution in [0.1, 0.15) is 11.1 Å². The minimum atomic E-state index is 0.624. The Morgan fingerprint density at radius 3 is 2.44 bits per heavy atom. The van der Waals surface area contributed by atoms with E-state index in [4.69, 9.17) is 8.83 Å². The second-order valence-corrected chi connectivity index (χ2v) is 9.25. The van der Waals surface area contributed by atoms with E-state index in [1.165, 1.54) is 5.56 Å². The van der Waals surface area contributed by atoms with Crippen LogP contribution in [0.2, 0.25) is 0 Å². The Hall–Kier alpha value is -4.88. The molecule has 4 nitrogen and oxygen atoms in total. The number of nitrogens with zero attached hydrogens (tertiary/aromatic N) is 2. The Balaban J connectivity index is 1.48. The molecule has 4 heteroatoms. The van der Waals surface area contributed by atoms with Crippen LogP contribution < -0.4 is 4.57 Å². The number of hydrogen-bond donors (Lipinski definition) is 0. The predicted octanol–water partition coefficient (Wildman–Crippen LogP) is 7.82. The lowest BCUT2D eigenvalue weighted by Crippen LogP contribution is -2.30. The maximum absolute atomic E-state index is 9.29. The first-order valence-corrected chi connectivity index (χ1v) is 11.9. The number of nitriles is 1. The van der Waals surface area contributed by atoms with Gasteiger partial charge in [0, 0.05) is 39.2 Å². The number of aromatic nitrogens is 1. The van der Waals surface area contributed by atoms with Crippen molar-refractivity contribution in [1.82, 2.24) is 0 Å². The molecule has 0 aliphatic heterocycles. The number of hydrogen-bond acceptors (Lipinski definition) is 3. The lowest BCUT2D eigenvalue weighted by molar-refractivity contribution is -0.660. The molecule has 0 aliphatic carbocycles. The van der Waals surface area contributed by atoms with Crippen LogP contribution in [0.4, 0.5) is 0 Å². The van der Waals surface area contributed by atoms with Crippen LogP contribution >= 0.6 is 0 Å². The van der Waals surface area contributed by atoms with Crippen molar-refractivity contribution in [2.45, 2.75) is 6.92 Å². The zero-order valence-corrected chi connectivity index (χ0v) is 19.9. The molecule has 7 rings (SSSR count). The molecule has 0 amide bonds. The van der Waals surface area contributed by atoms with E-state index >= 15 is 0 Å². The van der Waals surface area contributed by atoms with E-state index in [-0.39, 0.29) is 0 Å². The van der Waals surface area contributed by atoms with E-state index in [0.29, 0.717) is 5.56 Å². The van der Waals surface area contributed by atoms with E-state index < -0.39 is 0 Å². The average molecular weight is 466 g/mol. The smallest absolute Gasteiger partial charge is 0.216 e. The number of aryl methyl sites for hydroxylation is 2. The van der Waals surface area contributed by atoms with Gasteiger partial charge in [0.15, 0.2) is 6.20 Å². The minimum Gasteiger partial charge on any atom is -0.456 e.